The first-order valence-corrected chi connectivity index (χ1v) is 17.2. The van der Waals surface area contributed by atoms with Crippen molar-refractivity contribution < 1.29 is 4.42 Å². The summed E-state index contributed by atoms with van der Waals surface area (Å²) in [7, 11) is 0. The van der Waals surface area contributed by atoms with Crippen molar-refractivity contribution >= 4 is 96.5 Å². The first kappa shape index (κ1) is 26.1. The van der Waals surface area contributed by atoms with Crippen molar-refractivity contribution in [2.24, 2.45) is 0 Å². The van der Waals surface area contributed by atoms with E-state index < -0.39 is 0 Å². The molecule has 9 aromatic carbocycles. The highest BCUT2D eigenvalue weighted by Gasteiger charge is 2.19. The Labute approximate surface area is 279 Å². The van der Waals surface area contributed by atoms with Gasteiger partial charge >= 0.3 is 0 Å². The Kier molecular flexibility index (Phi) is 5.32. The van der Waals surface area contributed by atoms with Crippen molar-refractivity contribution in [2.45, 2.75) is 0 Å². The summed E-state index contributed by atoms with van der Waals surface area (Å²) in [6.07, 6.45) is 0. The molecule has 0 saturated heterocycles. The number of rotatable bonds is 2. The second kappa shape index (κ2) is 9.78. The van der Waals surface area contributed by atoms with Gasteiger partial charge in [0, 0.05) is 30.9 Å². The lowest BCUT2D eigenvalue weighted by molar-refractivity contribution is 0.669. The molecule has 48 heavy (non-hydrogen) atoms. The normalized spacial score (nSPS) is 12.2. The summed E-state index contributed by atoms with van der Waals surface area (Å²) in [6, 6.07) is 57.7. The van der Waals surface area contributed by atoms with Gasteiger partial charge in [-0.1, -0.05) is 133 Å². The molecule has 11 rings (SSSR count). The first-order chi connectivity index (χ1) is 23.8. The molecule has 0 bridgehead atoms. The minimum atomic E-state index is 0.919. The van der Waals surface area contributed by atoms with Gasteiger partial charge in [-0.15, -0.1) is 11.3 Å². The number of benzene rings is 9. The SMILES string of the molecule is c1ccc2c(-c3c4ccccc4c(-c4ccc5oc6cc7c(cc6c5c4)sc4c5ccccc5ccc74)c4ccccc34)cccc2c1. The van der Waals surface area contributed by atoms with Crippen molar-refractivity contribution in [3.8, 4) is 22.3 Å². The van der Waals surface area contributed by atoms with Crippen LogP contribution in [0.3, 0.4) is 0 Å². The first-order valence-electron chi connectivity index (χ1n) is 16.4. The van der Waals surface area contributed by atoms with E-state index in [1.165, 1.54) is 85.5 Å². The molecule has 0 unspecified atom stereocenters. The van der Waals surface area contributed by atoms with E-state index in [2.05, 4.69) is 158 Å². The predicted octanol–water partition coefficient (Wildman–Crippen LogP) is 13.9. The van der Waals surface area contributed by atoms with Gasteiger partial charge in [0.05, 0.1) is 0 Å². The molecule has 0 amide bonds. The third-order valence-corrected chi connectivity index (χ3v) is 11.4. The van der Waals surface area contributed by atoms with E-state index >= 15 is 0 Å². The number of hydrogen-bond acceptors (Lipinski definition) is 2. The van der Waals surface area contributed by atoms with Crippen LogP contribution >= 0.6 is 11.3 Å². The molecule has 2 heterocycles. The lowest BCUT2D eigenvalue weighted by Crippen LogP contribution is -1.91. The van der Waals surface area contributed by atoms with Gasteiger partial charge in [-0.25, -0.2) is 0 Å². The highest BCUT2D eigenvalue weighted by Crippen LogP contribution is 2.47. The maximum absolute atomic E-state index is 6.55. The zero-order valence-electron chi connectivity index (χ0n) is 25.8. The molecule has 0 fully saturated rings. The van der Waals surface area contributed by atoms with Crippen LogP contribution < -0.4 is 0 Å². The van der Waals surface area contributed by atoms with Crippen LogP contribution in [0.25, 0.3) is 107 Å². The molecule has 0 aliphatic heterocycles. The van der Waals surface area contributed by atoms with Crippen LogP contribution in [0, 0.1) is 0 Å². The van der Waals surface area contributed by atoms with E-state index in [1.807, 2.05) is 11.3 Å². The van der Waals surface area contributed by atoms with Crippen LogP contribution in [-0.4, -0.2) is 0 Å². The Morgan fingerprint density at radius 3 is 1.71 bits per heavy atom. The molecule has 2 aromatic heterocycles. The summed E-state index contributed by atoms with van der Waals surface area (Å²) in [5.41, 5.74) is 6.87. The fourth-order valence-corrected chi connectivity index (χ4v) is 9.36. The zero-order chi connectivity index (χ0) is 31.3. The molecular weight excluding hydrogens is 601 g/mol. The van der Waals surface area contributed by atoms with Crippen LogP contribution in [0.2, 0.25) is 0 Å². The van der Waals surface area contributed by atoms with Gasteiger partial charge in [0.15, 0.2) is 0 Å². The highest BCUT2D eigenvalue weighted by molar-refractivity contribution is 7.26. The molecule has 0 radical (unpaired) electrons. The van der Waals surface area contributed by atoms with Gasteiger partial charge in [0.25, 0.3) is 0 Å². The Morgan fingerprint density at radius 1 is 0.354 bits per heavy atom. The van der Waals surface area contributed by atoms with Crippen molar-refractivity contribution in [2.75, 3.05) is 0 Å². The highest BCUT2D eigenvalue weighted by atomic mass is 32.1. The molecule has 0 N–H and O–H groups in total. The van der Waals surface area contributed by atoms with E-state index in [4.69, 9.17) is 4.42 Å². The van der Waals surface area contributed by atoms with Crippen molar-refractivity contribution in [3.05, 3.63) is 158 Å². The average Bonchev–Trinajstić information content (AvgIpc) is 3.69. The minimum Gasteiger partial charge on any atom is -0.456 e. The fourth-order valence-electron chi connectivity index (χ4n) is 8.10. The third kappa shape index (κ3) is 3.61. The Hall–Kier alpha value is -5.96. The van der Waals surface area contributed by atoms with E-state index in [1.54, 1.807) is 0 Å². The standard InChI is InChI=1S/C46H26OS/c1-3-13-30-27(10-1)12-9-19-32(30)45-35-17-7-5-15-33(35)44(34-16-6-8-18-36(34)45)29-21-23-41-38(24-29)39-26-43-40(25-42(39)47-41)37-22-20-28-11-2-4-14-31(28)46(37)48-43/h1-26H. The summed E-state index contributed by atoms with van der Waals surface area (Å²) in [4.78, 5) is 0. The quantitative estimate of drug-likeness (QED) is 0.174. The van der Waals surface area contributed by atoms with E-state index in [-0.39, 0.29) is 0 Å². The molecule has 0 aliphatic rings. The summed E-state index contributed by atoms with van der Waals surface area (Å²) in [5, 5.41) is 15.0. The smallest absolute Gasteiger partial charge is 0.136 e. The van der Waals surface area contributed by atoms with Gasteiger partial charge in [-0.3, -0.25) is 0 Å². The van der Waals surface area contributed by atoms with Gasteiger partial charge < -0.3 is 4.42 Å². The van der Waals surface area contributed by atoms with Gasteiger partial charge in [-0.2, -0.15) is 0 Å². The minimum absolute atomic E-state index is 0.919. The van der Waals surface area contributed by atoms with E-state index in [0.29, 0.717) is 0 Å². The third-order valence-electron chi connectivity index (χ3n) is 10.2. The lowest BCUT2D eigenvalue weighted by atomic mass is 9.84. The number of hydrogen-bond donors (Lipinski definition) is 0. The largest absolute Gasteiger partial charge is 0.456 e. The maximum Gasteiger partial charge on any atom is 0.136 e. The summed E-state index contributed by atoms with van der Waals surface area (Å²) >= 11 is 1.88. The zero-order valence-corrected chi connectivity index (χ0v) is 26.6. The Bertz CT molecular complexity index is 3060. The van der Waals surface area contributed by atoms with Crippen LogP contribution in [0.4, 0.5) is 0 Å². The maximum atomic E-state index is 6.55. The van der Waals surface area contributed by atoms with Gasteiger partial charge in [-0.05, 0) is 89.6 Å². The summed E-state index contributed by atoms with van der Waals surface area (Å²) in [5.74, 6) is 0. The van der Waals surface area contributed by atoms with Crippen molar-refractivity contribution in [1.82, 2.24) is 0 Å². The lowest BCUT2D eigenvalue weighted by Gasteiger charge is -2.18. The van der Waals surface area contributed by atoms with Gasteiger partial charge in [0.1, 0.15) is 11.2 Å². The Balaban J connectivity index is 1.19. The van der Waals surface area contributed by atoms with Crippen LogP contribution in [0.15, 0.2) is 162 Å². The van der Waals surface area contributed by atoms with Gasteiger partial charge in [0.2, 0.25) is 0 Å². The molecule has 0 aliphatic carbocycles. The van der Waals surface area contributed by atoms with E-state index in [9.17, 15) is 0 Å². The van der Waals surface area contributed by atoms with Crippen molar-refractivity contribution in [3.63, 3.8) is 0 Å². The molecular formula is C46H26OS. The van der Waals surface area contributed by atoms with E-state index in [0.717, 1.165) is 21.9 Å². The van der Waals surface area contributed by atoms with Crippen LogP contribution in [-0.2, 0) is 0 Å². The Morgan fingerprint density at radius 2 is 0.958 bits per heavy atom. The molecule has 0 atom stereocenters. The molecule has 222 valence electrons. The molecule has 0 saturated carbocycles. The predicted molar refractivity (Wildman–Crippen MR) is 208 cm³/mol. The monoisotopic (exact) mass is 626 g/mol. The summed E-state index contributed by atoms with van der Waals surface area (Å²) < 4.78 is 9.18. The molecule has 0 spiro atoms. The summed E-state index contributed by atoms with van der Waals surface area (Å²) in [6.45, 7) is 0. The van der Waals surface area contributed by atoms with Crippen LogP contribution in [0.5, 0.6) is 0 Å². The average molecular weight is 627 g/mol. The second-order valence-corrected chi connectivity index (χ2v) is 13.8. The topological polar surface area (TPSA) is 13.1 Å². The number of fused-ring (bicyclic) bond motifs is 11. The molecule has 1 nitrogen and oxygen atoms in total. The molecule has 2 heteroatoms. The fraction of sp³-hybridized carbons (Fsp3) is 0. The number of thiophene rings is 1. The van der Waals surface area contributed by atoms with Crippen molar-refractivity contribution in [1.29, 1.82) is 0 Å². The molecule has 11 aromatic rings. The number of furan rings is 1. The van der Waals surface area contributed by atoms with Crippen LogP contribution in [0.1, 0.15) is 0 Å². The second-order valence-electron chi connectivity index (χ2n) is 12.8.